The monoisotopic (exact) mass is 204 g/mol. The largest absolute Gasteiger partial charge is 0.497 e. The van der Waals surface area contributed by atoms with Crippen LogP contribution in [0.5, 0.6) is 5.75 Å². The molecule has 0 fully saturated rings. The summed E-state index contributed by atoms with van der Waals surface area (Å²) in [7, 11) is 1.56. The molecule has 78 valence electrons. The number of fused-ring (bicyclic) bond motifs is 1. The van der Waals surface area contributed by atoms with Crippen molar-refractivity contribution < 1.29 is 4.74 Å². The van der Waals surface area contributed by atoms with Gasteiger partial charge in [-0.2, -0.15) is 0 Å². The molecule has 0 saturated carbocycles. The second-order valence-corrected chi connectivity index (χ2v) is 3.40. The molecule has 2 rings (SSSR count). The Morgan fingerprint density at radius 3 is 2.80 bits per heavy atom. The smallest absolute Gasteiger partial charge is 0.212 e. The van der Waals surface area contributed by atoms with Crippen LogP contribution in [0.4, 0.5) is 5.69 Å². The number of pyridine rings is 1. The van der Waals surface area contributed by atoms with Crippen LogP contribution in [0.15, 0.2) is 23.0 Å². The van der Waals surface area contributed by atoms with Crippen LogP contribution in [0.2, 0.25) is 0 Å². The fraction of sp³-hybridized carbons (Fsp3) is 0.182. The number of aromatic amines is 1. The van der Waals surface area contributed by atoms with Gasteiger partial charge in [-0.05, 0) is 25.1 Å². The number of anilines is 1. The number of ether oxygens (including phenoxy) is 1. The Bertz CT molecular complexity index is 573. The van der Waals surface area contributed by atoms with Crippen LogP contribution in [-0.4, -0.2) is 12.1 Å². The van der Waals surface area contributed by atoms with Crippen LogP contribution in [0.1, 0.15) is 5.69 Å². The van der Waals surface area contributed by atoms with E-state index in [0.717, 1.165) is 5.52 Å². The minimum absolute atomic E-state index is 0.153. The number of nitrogens with two attached hydrogens (primary N) is 1. The van der Waals surface area contributed by atoms with Crippen LogP contribution in [0, 0.1) is 6.92 Å². The number of nitrogen functional groups attached to an aromatic ring is 1. The van der Waals surface area contributed by atoms with Crippen molar-refractivity contribution in [2.24, 2.45) is 0 Å². The Morgan fingerprint density at radius 1 is 1.40 bits per heavy atom. The van der Waals surface area contributed by atoms with Crippen molar-refractivity contribution in [3.8, 4) is 5.75 Å². The van der Waals surface area contributed by atoms with Gasteiger partial charge >= 0.3 is 0 Å². The molecule has 2 aromatic rings. The van der Waals surface area contributed by atoms with Crippen molar-refractivity contribution in [2.45, 2.75) is 6.92 Å². The molecule has 0 aliphatic heterocycles. The van der Waals surface area contributed by atoms with Gasteiger partial charge in [0.15, 0.2) is 0 Å². The second-order valence-electron chi connectivity index (χ2n) is 3.40. The van der Waals surface area contributed by atoms with E-state index in [4.69, 9.17) is 10.5 Å². The molecule has 0 radical (unpaired) electrons. The maximum atomic E-state index is 11.8. The maximum absolute atomic E-state index is 11.8. The van der Waals surface area contributed by atoms with Crippen LogP contribution in [0.3, 0.4) is 0 Å². The third kappa shape index (κ3) is 1.44. The van der Waals surface area contributed by atoms with Crippen molar-refractivity contribution in [3.63, 3.8) is 0 Å². The third-order valence-electron chi connectivity index (χ3n) is 2.44. The van der Waals surface area contributed by atoms with Crippen molar-refractivity contribution >= 4 is 16.6 Å². The average molecular weight is 204 g/mol. The molecule has 4 heteroatoms. The highest BCUT2D eigenvalue weighted by molar-refractivity contribution is 5.83. The molecule has 1 aromatic heterocycles. The van der Waals surface area contributed by atoms with Gasteiger partial charge < -0.3 is 15.5 Å². The third-order valence-corrected chi connectivity index (χ3v) is 2.44. The number of rotatable bonds is 1. The summed E-state index contributed by atoms with van der Waals surface area (Å²) in [5.74, 6) is 0.649. The number of hydrogen-bond donors (Lipinski definition) is 2. The van der Waals surface area contributed by atoms with Gasteiger partial charge in [-0.1, -0.05) is 0 Å². The quantitative estimate of drug-likeness (QED) is 0.738. The molecule has 0 aliphatic rings. The molecular weight excluding hydrogens is 192 g/mol. The number of H-pyrrole nitrogens is 1. The van der Waals surface area contributed by atoms with Gasteiger partial charge in [-0.15, -0.1) is 0 Å². The van der Waals surface area contributed by atoms with E-state index in [0.29, 0.717) is 16.8 Å². The van der Waals surface area contributed by atoms with E-state index < -0.39 is 0 Å². The lowest BCUT2D eigenvalue weighted by molar-refractivity contribution is 0.415. The zero-order valence-corrected chi connectivity index (χ0v) is 8.63. The lowest BCUT2D eigenvalue weighted by Crippen LogP contribution is -2.11. The number of hydrogen-bond acceptors (Lipinski definition) is 3. The summed E-state index contributed by atoms with van der Waals surface area (Å²) in [6, 6.07) is 5.29. The molecule has 1 heterocycles. The highest BCUT2D eigenvalue weighted by Gasteiger charge is 2.06. The number of aryl methyl sites for hydroxylation is 1. The lowest BCUT2D eigenvalue weighted by atomic mass is 10.1. The maximum Gasteiger partial charge on any atom is 0.212 e. The van der Waals surface area contributed by atoms with Crippen molar-refractivity contribution in [1.29, 1.82) is 0 Å². The summed E-state index contributed by atoms with van der Waals surface area (Å²) in [4.78, 5) is 14.9. The summed E-state index contributed by atoms with van der Waals surface area (Å²) in [6.45, 7) is 1.78. The molecular formula is C11H12N2O2. The van der Waals surface area contributed by atoms with Gasteiger partial charge in [0.05, 0.1) is 18.2 Å². The standard InChI is InChI=1S/C11H12N2O2/c1-6-10(12)11(14)8-5-7(15-2)3-4-9(8)13-6/h3-5H,12H2,1-2H3,(H,13,14). The fourth-order valence-corrected chi connectivity index (χ4v) is 1.53. The molecule has 0 atom stereocenters. The topological polar surface area (TPSA) is 68.1 Å². The molecule has 0 bridgehead atoms. The predicted molar refractivity (Wildman–Crippen MR) is 60.3 cm³/mol. The summed E-state index contributed by atoms with van der Waals surface area (Å²) in [6.07, 6.45) is 0. The Hall–Kier alpha value is -1.97. The number of aromatic nitrogens is 1. The first-order valence-electron chi connectivity index (χ1n) is 4.59. The molecule has 0 amide bonds. The zero-order chi connectivity index (χ0) is 11.0. The van der Waals surface area contributed by atoms with Gasteiger partial charge in [-0.3, -0.25) is 4.79 Å². The molecule has 15 heavy (non-hydrogen) atoms. The predicted octanol–water partition coefficient (Wildman–Crippen LogP) is 1.43. The molecule has 0 spiro atoms. The Balaban J connectivity index is 2.88. The van der Waals surface area contributed by atoms with E-state index in [1.807, 2.05) is 6.07 Å². The SMILES string of the molecule is COc1ccc2[nH]c(C)c(N)c(=O)c2c1. The van der Waals surface area contributed by atoms with E-state index in [1.165, 1.54) is 0 Å². The van der Waals surface area contributed by atoms with Gasteiger partial charge in [0.2, 0.25) is 5.43 Å². The summed E-state index contributed by atoms with van der Waals surface area (Å²) >= 11 is 0. The van der Waals surface area contributed by atoms with E-state index in [9.17, 15) is 4.79 Å². The molecule has 4 nitrogen and oxygen atoms in total. The second kappa shape index (κ2) is 3.31. The molecule has 0 unspecified atom stereocenters. The van der Waals surface area contributed by atoms with Crippen molar-refractivity contribution in [2.75, 3.05) is 12.8 Å². The van der Waals surface area contributed by atoms with Crippen LogP contribution in [-0.2, 0) is 0 Å². The average Bonchev–Trinajstić information content (AvgIpc) is 2.26. The summed E-state index contributed by atoms with van der Waals surface area (Å²) < 4.78 is 5.05. The zero-order valence-electron chi connectivity index (χ0n) is 8.63. The summed E-state index contributed by atoms with van der Waals surface area (Å²) in [5, 5.41) is 0.553. The minimum atomic E-state index is -0.153. The number of methoxy groups -OCH3 is 1. The van der Waals surface area contributed by atoms with E-state index in [2.05, 4.69) is 4.98 Å². The molecule has 0 aliphatic carbocycles. The molecule has 0 saturated heterocycles. The number of nitrogens with one attached hydrogen (secondary N) is 1. The van der Waals surface area contributed by atoms with E-state index in [1.54, 1.807) is 26.2 Å². The normalized spacial score (nSPS) is 10.5. The van der Waals surface area contributed by atoms with Crippen molar-refractivity contribution in [1.82, 2.24) is 4.98 Å². The van der Waals surface area contributed by atoms with Gasteiger partial charge in [0.1, 0.15) is 5.75 Å². The minimum Gasteiger partial charge on any atom is -0.497 e. The molecule has 3 N–H and O–H groups in total. The van der Waals surface area contributed by atoms with Crippen molar-refractivity contribution in [3.05, 3.63) is 34.1 Å². The van der Waals surface area contributed by atoms with Crippen LogP contribution >= 0.6 is 0 Å². The van der Waals surface area contributed by atoms with Crippen LogP contribution < -0.4 is 15.9 Å². The summed E-state index contributed by atoms with van der Waals surface area (Å²) in [5.41, 5.74) is 7.23. The lowest BCUT2D eigenvalue weighted by Gasteiger charge is -2.05. The van der Waals surface area contributed by atoms with Crippen LogP contribution in [0.25, 0.3) is 10.9 Å². The van der Waals surface area contributed by atoms with E-state index in [-0.39, 0.29) is 11.1 Å². The highest BCUT2D eigenvalue weighted by Crippen LogP contribution is 2.18. The van der Waals surface area contributed by atoms with Gasteiger partial charge in [0.25, 0.3) is 0 Å². The Morgan fingerprint density at radius 2 is 2.13 bits per heavy atom. The fourth-order valence-electron chi connectivity index (χ4n) is 1.53. The van der Waals surface area contributed by atoms with Gasteiger partial charge in [0, 0.05) is 11.2 Å². The molecule has 1 aromatic carbocycles. The first-order chi connectivity index (χ1) is 7.13. The van der Waals surface area contributed by atoms with Gasteiger partial charge in [-0.25, -0.2) is 0 Å². The first kappa shape index (κ1) is 9.58. The Kier molecular flexibility index (Phi) is 2.11. The first-order valence-corrected chi connectivity index (χ1v) is 4.59. The number of benzene rings is 1. The Labute approximate surface area is 86.7 Å². The highest BCUT2D eigenvalue weighted by atomic mass is 16.5. The van der Waals surface area contributed by atoms with E-state index >= 15 is 0 Å².